The van der Waals surface area contributed by atoms with Crippen molar-refractivity contribution < 1.29 is 9.90 Å². The van der Waals surface area contributed by atoms with Gasteiger partial charge in [-0.25, -0.2) is 4.79 Å². The lowest BCUT2D eigenvalue weighted by Crippen LogP contribution is -1.90. The summed E-state index contributed by atoms with van der Waals surface area (Å²) in [7, 11) is 0. The average molecular weight is 249 g/mol. The quantitative estimate of drug-likeness (QED) is 0.822. The van der Waals surface area contributed by atoms with Gasteiger partial charge in [0.1, 0.15) is 0 Å². The fraction of sp³-hybridized carbons (Fsp3) is 0.0714. The molecule has 1 N–H and O–H groups in total. The molecular weight excluding hydrogens is 236 g/mol. The van der Waals surface area contributed by atoms with Gasteiger partial charge in [0.25, 0.3) is 0 Å². The van der Waals surface area contributed by atoms with Crippen LogP contribution in [0.1, 0.15) is 12.5 Å². The van der Waals surface area contributed by atoms with Crippen molar-refractivity contribution in [2.45, 2.75) is 6.92 Å². The maximum absolute atomic E-state index is 10.6. The molecule has 0 fully saturated rings. The van der Waals surface area contributed by atoms with Crippen LogP contribution in [0.15, 0.2) is 48.5 Å². The molecule has 0 bridgehead atoms. The van der Waals surface area contributed by atoms with E-state index in [-0.39, 0.29) is 12.4 Å². The van der Waals surface area contributed by atoms with E-state index in [0.717, 1.165) is 21.9 Å². The molecule has 0 spiro atoms. The molecule has 0 unspecified atom stereocenters. The van der Waals surface area contributed by atoms with Gasteiger partial charge in [-0.05, 0) is 34.9 Å². The van der Waals surface area contributed by atoms with E-state index in [2.05, 4.69) is 0 Å². The summed E-state index contributed by atoms with van der Waals surface area (Å²) in [4.78, 5) is 10.6. The smallest absolute Gasteiger partial charge is 0.328 e. The van der Waals surface area contributed by atoms with Gasteiger partial charge in [0.05, 0.1) is 0 Å². The molecule has 0 heterocycles. The van der Waals surface area contributed by atoms with Crippen LogP contribution in [0, 0.1) is 0 Å². The Hall–Kier alpha value is -1.80. The number of fused-ring (bicyclic) bond motifs is 1. The molecule has 3 heteroatoms. The van der Waals surface area contributed by atoms with Crippen molar-refractivity contribution in [3.05, 3.63) is 54.1 Å². The van der Waals surface area contributed by atoms with Crippen molar-refractivity contribution >= 4 is 34.7 Å². The normalized spacial score (nSPS) is 11.0. The van der Waals surface area contributed by atoms with E-state index in [0.29, 0.717) is 0 Å². The van der Waals surface area contributed by atoms with Crippen molar-refractivity contribution in [3.8, 4) is 0 Å². The zero-order valence-corrected chi connectivity index (χ0v) is 10.2. The van der Waals surface area contributed by atoms with Crippen molar-refractivity contribution in [3.63, 3.8) is 0 Å². The first kappa shape index (κ1) is 13.3. The largest absolute Gasteiger partial charge is 0.478 e. The van der Waals surface area contributed by atoms with Gasteiger partial charge in [0.2, 0.25) is 0 Å². The van der Waals surface area contributed by atoms with Crippen LogP contribution < -0.4 is 0 Å². The Morgan fingerprint density at radius 2 is 1.76 bits per heavy atom. The van der Waals surface area contributed by atoms with Gasteiger partial charge in [-0.3, -0.25) is 0 Å². The molecule has 2 nitrogen and oxygen atoms in total. The molecule has 0 aliphatic rings. The van der Waals surface area contributed by atoms with Crippen molar-refractivity contribution in [1.29, 1.82) is 0 Å². The lowest BCUT2D eigenvalue weighted by Gasteiger charge is -2.03. The molecule has 17 heavy (non-hydrogen) atoms. The lowest BCUT2D eigenvalue weighted by atomic mass is 10.0. The van der Waals surface area contributed by atoms with E-state index in [1.54, 1.807) is 6.92 Å². The van der Waals surface area contributed by atoms with E-state index in [9.17, 15) is 4.79 Å². The summed E-state index contributed by atoms with van der Waals surface area (Å²) < 4.78 is 0. The van der Waals surface area contributed by atoms with Crippen molar-refractivity contribution in [1.82, 2.24) is 0 Å². The third kappa shape index (κ3) is 3.08. The number of hydrogen-bond acceptors (Lipinski definition) is 1. The van der Waals surface area contributed by atoms with Gasteiger partial charge in [0, 0.05) is 6.08 Å². The van der Waals surface area contributed by atoms with E-state index in [1.807, 2.05) is 42.5 Å². The Morgan fingerprint density at radius 1 is 1.12 bits per heavy atom. The number of allylic oxidation sites excluding steroid dienone is 1. The fourth-order valence-electron chi connectivity index (χ4n) is 1.70. The highest BCUT2D eigenvalue weighted by atomic mass is 35.5. The summed E-state index contributed by atoms with van der Waals surface area (Å²) in [5.74, 6) is -0.911. The molecule has 0 radical (unpaired) electrons. The molecule has 0 amide bonds. The molecule has 2 aromatic rings. The molecule has 88 valence electrons. The topological polar surface area (TPSA) is 37.3 Å². The van der Waals surface area contributed by atoms with Crippen LogP contribution in [0.25, 0.3) is 16.3 Å². The number of benzene rings is 2. The van der Waals surface area contributed by atoms with Crippen LogP contribution in [0.2, 0.25) is 0 Å². The van der Waals surface area contributed by atoms with Crippen molar-refractivity contribution in [2.24, 2.45) is 0 Å². The third-order valence-electron chi connectivity index (χ3n) is 2.54. The molecule has 2 aromatic carbocycles. The SMILES string of the molecule is CC(=CC(=O)O)c1ccc2ccccc2c1.Cl. The summed E-state index contributed by atoms with van der Waals surface area (Å²) in [6.07, 6.45) is 1.23. The first-order chi connectivity index (χ1) is 7.66. The van der Waals surface area contributed by atoms with Gasteiger partial charge >= 0.3 is 5.97 Å². The predicted octanol–water partition coefficient (Wildman–Crippen LogP) is 3.75. The van der Waals surface area contributed by atoms with Crippen LogP contribution in [-0.2, 0) is 4.79 Å². The van der Waals surface area contributed by atoms with Gasteiger partial charge in [-0.1, -0.05) is 36.4 Å². The van der Waals surface area contributed by atoms with Crippen LogP contribution in [0.5, 0.6) is 0 Å². The Labute approximate surface area is 106 Å². The highest BCUT2D eigenvalue weighted by Gasteiger charge is 2.00. The van der Waals surface area contributed by atoms with Gasteiger partial charge in [-0.2, -0.15) is 0 Å². The maximum Gasteiger partial charge on any atom is 0.328 e. The van der Waals surface area contributed by atoms with Crippen LogP contribution >= 0.6 is 12.4 Å². The summed E-state index contributed by atoms with van der Waals surface area (Å²) in [6, 6.07) is 14.0. The second kappa shape index (κ2) is 5.51. The highest BCUT2D eigenvalue weighted by molar-refractivity contribution is 5.92. The molecule has 0 saturated carbocycles. The van der Waals surface area contributed by atoms with Crippen LogP contribution in [0.3, 0.4) is 0 Å². The zero-order chi connectivity index (χ0) is 11.5. The minimum Gasteiger partial charge on any atom is -0.478 e. The highest BCUT2D eigenvalue weighted by Crippen LogP contribution is 2.20. The molecule has 2 rings (SSSR count). The van der Waals surface area contributed by atoms with Crippen LogP contribution in [0.4, 0.5) is 0 Å². The molecular formula is C14H13ClO2. The monoisotopic (exact) mass is 248 g/mol. The Bertz CT molecular complexity index is 573. The first-order valence-electron chi connectivity index (χ1n) is 5.07. The first-order valence-corrected chi connectivity index (χ1v) is 5.07. The van der Waals surface area contributed by atoms with Gasteiger partial charge in [-0.15, -0.1) is 12.4 Å². The molecule has 0 atom stereocenters. The minimum atomic E-state index is -0.911. The second-order valence-electron chi connectivity index (χ2n) is 3.73. The number of carboxylic acid groups (broad SMARTS) is 1. The van der Waals surface area contributed by atoms with Gasteiger partial charge < -0.3 is 5.11 Å². The summed E-state index contributed by atoms with van der Waals surface area (Å²) in [6.45, 7) is 1.80. The molecule has 0 aliphatic carbocycles. The number of carboxylic acids is 1. The number of aliphatic carboxylic acids is 1. The molecule has 0 saturated heterocycles. The Morgan fingerprint density at radius 3 is 2.41 bits per heavy atom. The summed E-state index contributed by atoms with van der Waals surface area (Å²) in [5, 5.41) is 11.0. The number of carbonyl (C=O) groups is 1. The number of halogens is 1. The minimum absolute atomic E-state index is 0. The van der Waals surface area contributed by atoms with Gasteiger partial charge in [0.15, 0.2) is 0 Å². The average Bonchev–Trinajstić information content (AvgIpc) is 2.27. The number of rotatable bonds is 2. The Balaban J connectivity index is 0.00000144. The lowest BCUT2D eigenvalue weighted by molar-refractivity contribution is -0.131. The third-order valence-corrected chi connectivity index (χ3v) is 2.54. The number of hydrogen-bond donors (Lipinski definition) is 1. The van der Waals surface area contributed by atoms with E-state index < -0.39 is 5.97 Å². The van der Waals surface area contributed by atoms with E-state index >= 15 is 0 Å². The summed E-state index contributed by atoms with van der Waals surface area (Å²) >= 11 is 0. The molecule has 0 aliphatic heterocycles. The predicted molar refractivity (Wildman–Crippen MR) is 72.5 cm³/mol. The fourth-order valence-corrected chi connectivity index (χ4v) is 1.70. The Kier molecular flexibility index (Phi) is 4.30. The second-order valence-corrected chi connectivity index (χ2v) is 3.73. The standard InChI is InChI=1S/C14H12O2.ClH/c1-10(8-14(15)16)12-7-6-11-4-2-3-5-13(11)9-12;/h2-9H,1H3,(H,15,16);1H. The molecule has 0 aromatic heterocycles. The van der Waals surface area contributed by atoms with E-state index in [1.165, 1.54) is 6.08 Å². The van der Waals surface area contributed by atoms with Crippen molar-refractivity contribution in [2.75, 3.05) is 0 Å². The zero-order valence-electron chi connectivity index (χ0n) is 9.38. The summed E-state index contributed by atoms with van der Waals surface area (Å²) in [5.41, 5.74) is 1.71. The van der Waals surface area contributed by atoms with E-state index in [4.69, 9.17) is 5.11 Å². The van der Waals surface area contributed by atoms with Crippen LogP contribution in [-0.4, -0.2) is 11.1 Å². The maximum atomic E-state index is 10.6.